The highest BCUT2D eigenvalue weighted by atomic mass is 19.4. The fourth-order valence-corrected chi connectivity index (χ4v) is 1.25. The summed E-state index contributed by atoms with van der Waals surface area (Å²) in [7, 11) is 0. The van der Waals surface area contributed by atoms with Gasteiger partial charge in [0, 0.05) is 12.1 Å². The van der Waals surface area contributed by atoms with Crippen LogP contribution in [0.2, 0.25) is 0 Å². The number of carbonyl (C=O) groups excluding carboxylic acids is 1. The predicted molar refractivity (Wildman–Crippen MR) is 58.7 cm³/mol. The Morgan fingerprint density at radius 2 is 1.94 bits per heavy atom. The highest BCUT2D eigenvalue weighted by molar-refractivity contribution is 5.76. The molecule has 0 radical (unpaired) electrons. The summed E-state index contributed by atoms with van der Waals surface area (Å²) in [5.74, 6) is -0.554. The zero-order chi connectivity index (χ0) is 13.1. The number of alkyl halides is 3. The number of nitrogen functional groups attached to an aromatic ring is 1. The van der Waals surface area contributed by atoms with Gasteiger partial charge >= 0.3 is 6.18 Å². The molecule has 1 aromatic carbocycles. The smallest absolute Gasteiger partial charge is 0.399 e. The molecule has 4 N–H and O–H groups in total. The molecule has 0 spiro atoms. The van der Waals surface area contributed by atoms with Gasteiger partial charge in [0.2, 0.25) is 5.91 Å². The standard InChI is InChI=1S/C11H11F3N2O/c12-11(13,14)8-4-7(5-9(15)6-8)2-1-3-10(16)17/h1-2,4-6H,3,15H2,(H2,16,17). The van der Waals surface area contributed by atoms with Gasteiger partial charge in [-0.2, -0.15) is 13.2 Å². The van der Waals surface area contributed by atoms with Gasteiger partial charge in [0.25, 0.3) is 0 Å². The number of benzene rings is 1. The molecule has 1 rings (SSSR count). The number of hydrogen-bond donors (Lipinski definition) is 2. The molecule has 1 amide bonds. The Bertz CT molecular complexity index is 453. The number of carbonyl (C=O) groups is 1. The van der Waals surface area contributed by atoms with Crippen LogP contribution in [0.3, 0.4) is 0 Å². The van der Waals surface area contributed by atoms with E-state index in [2.05, 4.69) is 0 Å². The van der Waals surface area contributed by atoms with Crippen molar-refractivity contribution in [1.82, 2.24) is 0 Å². The molecule has 0 saturated heterocycles. The molecule has 1 aromatic rings. The Labute approximate surface area is 95.9 Å². The molecule has 0 aliphatic rings. The monoisotopic (exact) mass is 244 g/mol. The molecular weight excluding hydrogens is 233 g/mol. The first-order valence-corrected chi connectivity index (χ1v) is 4.71. The van der Waals surface area contributed by atoms with Crippen LogP contribution in [-0.4, -0.2) is 5.91 Å². The maximum absolute atomic E-state index is 12.4. The Hall–Kier alpha value is -1.98. The highest BCUT2D eigenvalue weighted by Gasteiger charge is 2.30. The quantitative estimate of drug-likeness (QED) is 0.800. The zero-order valence-electron chi connectivity index (χ0n) is 8.79. The highest BCUT2D eigenvalue weighted by Crippen LogP contribution is 2.31. The second-order valence-corrected chi connectivity index (χ2v) is 3.46. The first-order valence-electron chi connectivity index (χ1n) is 4.71. The van der Waals surface area contributed by atoms with Gasteiger partial charge in [-0.05, 0) is 23.8 Å². The van der Waals surface area contributed by atoms with Crippen LogP contribution in [0.1, 0.15) is 17.5 Å². The summed E-state index contributed by atoms with van der Waals surface area (Å²) in [5.41, 5.74) is 9.72. The van der Waals surface area contributed by atoms with Crippen LogP contribution in [0.25, 0.3) is 6.08 Å². The summed E-state index contributed by atoms with van der Waals surface area (Å²) >= 11 is 0. The van der Waals surface area contributed by atoms with Crippen LogP contribution < -0.4 is 11.5 Å². The maximum atomic E-state index is 12.4. The van der Waals surface area contributed by atoms with Crippen LogP contribution in [-0.2, 0) is 11.0 Å². The molecule has 0 atom stereocenters. The molecule has 0 unspecified atom stereocenters. The average molecular weight is 244 g/mol. The van der Waals surface area contributed by atoms with E-state index in [1.807, 2.05) is 0 Å². The molecule has 0 bridgehead atoms. The molecule has 0 aromatic heterocycles. The summed E-state index contributed by atoms with van der Waals surface area (Å²) in [6, 6.07) is 3.19. The van der Waals surface area contributed by atoms with Gasteiger partial charge in [0.05, 0.1) is 5.56 Å². The van der Waals surface area contributed by atoms with Crippen molar-refractivity contribution >= 4 is 17.7 Å². The van der Waals surface area contributed by atoms with E-state index >= 15 is 0 Å². The number of rotatable bonds is 3. The first-order chi connectivity index (χ1) is 7.79. The molecule has 0 heterocycles. The third kappa shape index (κ3) is 4.18. The average Bonchev–Trinajstić information content (AvgIpc) is 2.14. The summed E-state index contributed by atoms with van der Waals surface area (Å²) in [6.07, 6.45) is -1.72. The molecular formula is C11H11F3N2O. The number of nitrogens with two attached hydrogens (primary N) is 2. The Kier molecular flexibility index (Phi) is 3.77. The van der Waals surface area contributed by atoms with Gasteiger partial charge in [-0.15, -0.1) is 0 Å². The lowest BCUT2D eigenvalue weighted by Gasteiger charge is -2.08. The molecule has 0 aliphatic heterocycles. The van der Waals surface area contributed by atoms with E-state index in [-0.39, 0.29) is 17.7 Å². The Balaban J connectivity index is 2.98. The van der Waals surface area contributed by atoms with E-state index in [1.54, 1.807) is 0 Å². The van der Waals surface area contributed by atoms with Gasteiger partial charge in [-0.1, -0.05) is 12.2 Å². The first kappa shape index (κ1) is 13.1. The van der Waals surface area contributed by atoms with Crippen molar-refractivity contribution < 1.29 is 18.0 Å². The van der Waals surface area contributed by atoms with E-state index in [9.17, 15) is 18.0 Å². The van der Waals surface area contributed by atoms with Gasteiger partial charge in [-0.3, -0.25) is 4.79 Å². The fraction of sp³-hybridized carbons (Fsp3) is 0.182. The number of halogens is 3. The third-order valence-corrected chi connectivity index (χ3v) is 1.93. The molecule has 3 nitrogen and oxygen atoms in total. The molecule has 0 saturated carbocycles. The second kappa shape index (κ2) is 4.90. The van der Waals surface area contributed by atoms with Gasteiger partial charge in [-0.25, -0.2) is 0 Å². The van der Waals surface area contributed by atoms with Gasteiger partial charge < -0.3 is 11.5 Å². The molecule has 6 heteroatoms. The largest absolute Gasteiger partial charge is 0.416 e. The fourth-order valence-electron chi connectivity index (χ4n) is 1.25. The minimum atomic E-state index is -4.44. The van der Waals surface area contributed by atoms with Crippen molar-refractivity contribution in [3.63, 3.8) is 0 Å². The van der Waals surface area contributed by atoms with E-state index in [1.165, 1.54) is 18.2 Å². The molecule has 0 aliphatic carbocycles. The van der Waals surface area contributed by atoms with Crippen LogP contribution >= 0.6 is 0 Å². The second-order valence-electron chi connectivity index (χ2n) is 3.46. The number of anilines is 1. The minimum absolute atomic E-state index is 0.0125. The van der Waals surface area contributed by atoms with E-state index in [0.717, 1.165) is 12.1 Å². The van der Waals surface area contributed by atoms with Crippen molar-refractivity contribution in [3.05, 3.63) is 35.4 Å². The normalized spacial score (nSPS) is 11.9. The number of primary amides is 1. The van der Waals surface area contributed by atoms with Gasteiger partial charge in [0.1, 0.15) is 0 Å². The predicted octanol–water partition coefficient (Wildman–Crippen LogP) is 2.18. The minimum Gasteiger partial charge on any atom is -0.399 e. The lowest BCUT2D eigenvalue weighted by Crippen LogP contribution is -2.08. The summed E-state index contributed by atoms with van der Waals surface area (Å²) < 4.78 is 37.3. The van der Waals surface area contributed by atoms with Gasteiger partial charge in [0.15, 0.2) is 0 Å². The summed E-state index contributed by atoms with van der Waals surface area (Å²) in [4.78, 5) is 10.4. The third-order valence-electron chi connectivity index (χ3n) is 1.93. The van der Waals surface area contributed by atoms with Crippen molar-refractivity contribution in [2.24, 2.45) is 5.73 Å². The molecule has 17 heavy (non-hydrogen) atoms. The maximum Gasteiger partial charge on any atom is 0.416 e. The van der Waals surface area contributed by atoms with E-state index in [0.29, 0.717) is 0 Å². The van der Waals surface area contributed by atoms with Crippen molar-refractivity contribution in [1.29, 1.82) is 0 Å². The van der Waals surface area contributed by atoms with Crippen LogP contribution in [0.15, 0.2) is 24.3 Å². The SMILES string of the molecule is NC(=O)CC=Cc1cc(N)cc(C(F)(F)F)c1. The molecule has 92 valence electrons. The van der Waals surface area contributed by atoms with Crippen LogP contribution in [0.4, 0.5) is 18.9 Å². The Morgan fingerprint density at radius 1 is 1.29 bits per heavy atom. The summed E-state index contributed by atoms with van der Waals surface area (Å²) in [6.45, 7) is 0. The van der Waals surface area contributed by atoms with Crippen molar-refractivity contribution in [3.8, 4) is 0 Å². The zero-order valence-corrected chi connectivity index (χ0v) is 8.79. The lowest BCUT2D eigenvalue weighted by molar-refractivity contribution is -0.137. The van der Waals surface area contributed by atoms with E-state index < -0.39 is 17.6 Å². The van der Waals surface area contributed by atoms with Crippen molar-refractivity contribution in [2.45, 2.75) is 12.6 Å². The summed E-state index contributed by atoms with van der Waals surface area (Å²) in [5, 5.41) is 0. The van der Waals surface area contributed by atoms with E-state index in [4.69, 9.17) is 11.5 Å². The Morgan fingerprint density at radius 3 is 2.47 bits per heavy atom. The number of hydrogen-bond acceptors (Lipinski definition) is 2. The topological polar surface area (TPSA) is 69.1 Å². The lowest BCUT2D eigenvalue weighted by atomic mass is 10.1. The van der Waals surface area contributed by atoms with Crippen LogP contribution in [0, 0.1) is 0 Å². The van der Waals surface area contributed by atoms with Crippen molar-refractivity contribution in [2.75, 3.05) is 5.73 Å². The number of amides is 1. The molecule has 0 fully saturated rings. The van der Waals surface area contributed by atoms with Crippen LogP contribution in [0.5, 0.6) is 0 Å².